The van der Waals surface area contributed by atoms with E-state index < -0.39 is 0 Å². The first-order valence-corrected chi connectivity index (χ1v) is 8.80. The van der Waals surface area contributed by atoms with Gasteiger partial charge in [0.05, 0.1) is 12.7 Å². The molecule has 2 atom stereocenters. The number of carbonyl (C=O) groups is 1. The maximum absolute atomic E-state index is 12.2. The summed E-state index contributed by atoms with van der Waals surface area (Å²) in [4.78, 5) is 19.0. The van der Waals surface area contributed by atoms with E-state index in [9.17, 15) is 4.79 Å². The third-order valence-corrected chi connectivity index (χ3v) is 4.83. The number of amides is 2. The molecule has 2 aliphatic rings. The summed E-state index contributed by atoms with van der Waals surface area (Å²) in [6.07, 6.45) is 0.871. The molecular weight excluding hydrogens is 348 g/mol. The van der Waals surface area contributed by atoms with E-state index in [4.69, 9.17) is 22.1 Å². The molecule has 24 heavy (non-hydrogen) atoms. The average molecular weight is 366 g/mol. The van der Waals surface area contributed by atoms with Gasteiger partial charge in [-0.25, -0.2) is 9.79 Å². The summed E-state index contributed by atoms with van der Waals surface area (Å²) in [5.74, 6) is 0.335. The highest BCUT2D eigenvalue weighted by Crippen LogP contribution is 2.23. The molecule has 1 aromatic carbocycles. The highest BCUT2D eigenvalue weighted by molar-refractivity contribution is 8.23. The largest absolute Gasteiger partial charge is 0.394 e. The number of nitrogens with one attached hydrogen (secondary N) is 2. The molecule has 0 aromatic heterocycles. The van der Waals surface area contributed by atoms with Crippen molar-refractivity contribution in [3.05, 3.63) is 30.3 Å². The van der Waals surface area contributed by atoms with Crippen LogP contribution >= 0.6 is 24.0 Å². The first-order valence-electron chi connectivity index (χ1n) is 7.58. The van der Waals surface area contributed by atoms with Gasteiger partial charge < -0.3 is 15.2 Å². The van der Waals surface area contributed by atoms with Crippen LogP contribution in [0.1, 0.15) is 12.8 Å². The van der Waals surface area contributed by atoms with Crippen LogP contribution in [0.4, 0.5) is 4.79 Å². The zero-order chi connectivity index (χ0) is 16.9. The average Bonchev–Trinajstić information content (AvgIpc) is 3.04. The predicted molar refractivity (Wildman–Crippen MR) is 95.7 cm³/mol. The minimum atomic E-state index is -0.349. The van der Waals surface area contributed by atoms with Crippen LogP contribution in [0.15, 0.2) is 40.2 Å². The summed E-state index contributed by atoms with van der Waals surface area (Å²) in [6, 6.07) is 9.43. The molecule has 9 heteroatoms. The molecule has 2 amide bonds. The number of aliphatic hydroxyl groups is 1. The Bertz CT molecular complexity index is 641. The lowest BCUT2D eigenvalue weighted by atomic mass is 10.2. The fourth-order valence-electron chi connectivity index (χ4n) is 2.48. The number of guanidine groups is 1. The van der Waals surface area contributed by atoms with E-state index in [-0.39, 0.29) is 31.6 Å². The molecule has 0 aliphatic carbocycles. The quantitative estimate of drug-likeness (QED) is 0.555. The molecule has 0 saturated carbocycles. The fraction of sp³-hybridized carbons (Fsp3) is 0.400. The van der Waals surface area contributed by atoms with Gasteiger partial charge in [-0.2, -0.15) is 0 Å². The number of ether oxygens (including phenoxy) is 1. The van der Waals surface area contributed by atoms with Crippen molar-refractivity contribution in [2.24, 2.45) is 4.99 Å². The maximum atomic E-state index is 12.2. The molecule has 0 bridgehead atoms. The number of rotatable bonds is 3. The lowest BCUT2D eigenvalue weighted by Gasteiger charge is -2.31. The number of nitrogens with zero attached hydrogens (tertiary/aromatic N) is 2. The molecule has 1 saturated heterocycles. The van der Waals surface area contributed by atoms with Crippen LogP contribution in [-0.4, -0.2) is 51.9 Å². The molecule has 2 heterocycles. The summed E-state index contributed by atoms with van der Waals surface area (Å²) in [5, 5.41) is 14.7. The molecule has 3 rings (SSSR count). The van der Waals surface area contributed by atoms with E-state index in [1.165, 1.54) is 16.7 Å². The van der Waals surface area contributed by atoms with Gasteiger partial charge in [0.1, 0.15) is 17.2 Å². The van der Waals surface area contributed by atoms with Crippen molar-refractivity contribution in [2.75, 3.05) is 13.3 Å². The molecule has 0 spiro atoms. The van der Waals surface area contributed by atoms with Gasteiger partial charge in [-0.1, -0.05) is 42.2 Å². The Labute approximate surface area is 149 Å². The summed E-state index contributed by atoms with van der Waals surface area (Å²) in [5.41, 5.74) is 0. The molecule has 128 valence electrons. The SMILES string of the molecule is O=C1NC(NC(=S)Sc2ccccc2)=NCN1C1CCC(CO)O1. The molecular formula is C15H18N4O3S2. The van der Waals surface area contributed by atoms with Gasteiger partial charge in [0.15, 0.2) is 0 Å². The normalized spacial score (nSPS) is 23.6. The number of thiocarbonyl (C=S) groups is 1. The maximum Gasteiger partial charge on any atom is 0.327 e. The standard InChI is InChI=1S/C15H18N4O3S2/c20-8-10-6-7-12(22-10)19-9-16-13(17-14(19)21)18-15(23)24-11-4-2-1-3-5-11/h1-5,10,12,20H,6-9H2,(H2,16,17,18,21,23). The Morgan fingerprint density at radius 3 is 2.92 bits per heavy atom. The Kier molecular flexibility index (Phi) is 5.67. The summed E-state index contributed by atoms with van der Waals surface area (Å²) in [6.45, 7) is 0.155. The monoisotopic (exact) mass is 366 g/mol. The van der Waals surface area contributed by atoms with Crippen molar-refractivity contribution in [3.63, 3.8) is 0 Å². The van der Waals surface area contributed by atoms with E-state index in [1.54, 1.807) is 0 Å². The minimum absolute atomic E-state index is 0.0347. The smallest absolute Gasteiger partial charge is 0.327 e. The van der Waals surface area contributed by atoms with Crippen molar-refractivity contribution in [1.29, 1.82) is 0 Å². The first-order chi connectivity index (χ1) is 11.7. The fourth-order valence-corrected chi connectivity index (χ4v) is 3.52. The molecule has 0 radical (unpaired) electrons. The Hall–Kier alpha value is -1.68. The Balaban J connectivity index is 1.53. The third kappa shape index (κ3) is 4.23. The molecule has 7 nitrogen and oxygen atoms in total. The summed E-state index contributed by atoms with van der Waals surface area (Å²) >= 11 is 6.67. The number of carbonyl (C=O) groups excluding carboxylic acids is 1. The highest BCUT2D eigenvalue weighted by atomic mass is 32.2. The van der Waals surface area contributed by atoms with Crippen molar-refractivity contribution >= 4 is 40.3 Å². The topological polar surface area (TPSA) is 86.2 Å². The van der Waals surface area contributed by atoms with E-state index >= 15 is 0 Å². The van der Waals surface area contributed by atoms with Crippen LogP contribution in [0.5, 0.6) is 0 Å². The number of aliphatic imine (C=N–C) groups is 1. The third-order valence-electron chi connectivity index (χ3n) is 3.68. The number of urea groups is 1. The highest BCUT2D eigenvalue weighted by Gasteiger charge is 2.34. The molecule has 1 aromatic rings. The van der Waals surface area contributed by atoms with E-state index in [0.29, 0.717) is 16.7 Å². The molecule has 2 aliphatic heterocycles. The van der Waals surface area contributed by atoms with Gasteiger partial charge in [0.2, 0.25) is 5.96 Å². The van der Waals surface area contributed by atoms with Crippen LogP contribution in [0.25, 0.3) is 0 Å². The van der Waals surface area contributed by atoms with Crippen molar-refractivity contribution in [1.82, 2.24) is 15.5 Å². The molecule has 3 N–H and O–H groups in total. The number of thioether (sulfide) groups is 1. The van der Waals surface area contributed by atoms with Crippen LogP contribution in [-0.2, 0) is 4.74 Å². The van der Waals surface area contributed by atoms with Crippen molar-refractivity contribution in [3.8, 4) is 0 Å². The van der Waals surface area contributed by atoms with Gasteiger partial charge in [0, 0.05) is 4.90 Å². The lowest BCUT2D eigenvalue weighted by molar-refractivity contribution is -0.0499. The van der Waals surface area contributed by atoms with Gasteiger partial charge >= 0.3 is 6.03 Å². The Morgan fingerprint density at radius 1 is 1.46 bits per heavy atom. The van der Waals surface area contributed by atoms with Gasteiger partial charge in [-0.15, -0.1) is 0 Å². The zero-order valence-corrected chi connectivity index (χ0v) is 14.5. The van der Waals surface area contributed by atoms with Crippen LogP contribution < -0.4 is 10.6 Å². The summed E-state index contributed by atoms with van der Waals surface area (Å²) < 4.78 is 6.12. The second kappa shape index (κ2) is 7.93. The first kappa shape index (κ1) is 17.2. The number of aliphatic hydroxyl groups excluding tert-OH is 1. The van der Waals surface area contributed by atoms with Gasteiger partial charge in [-0.05, 0) is 25.0 Å². The Morgan fingerprint density at radius 2 is 2.25 bits per heavy atom. The van der Waals surface area contributed by atoms with Gasteiger partial charge in [0.25, 0.3) is 0 Å². The minimum Gasteiger partial charge on any atom is -0.394 e. The number of hydrogen-bond acceptors (Lipinski definition) is 6. The van der Waals surface area contributed by atoms with Crippen LogP contribution in [0, 0.1) is 0 Å². The second-order valence-electron chi connectivity index (χ2n) is 5.35. The molecule has 2 unspecified atom stereocenters. The predicted octanol–water partition coefficient (Wildman–Crippen LogP) is 1.49. The van der Waals surface area contributed by atoms with Crippen molar-refractivity contribution < 1.29 is 14.6 Å². The van der Waals surface area contributed by atoms with E-state index in [2.05, 4.69) is 15.6 Å². The number of benzene rings is 1. The summed E-state index contributed by atoms with van der Waals surface area (Å²) in [7, 11) is 0. The lowest BCUT2D eigenvalue weighted by Crippen LogP contribution is -2.55. The molecule has 1 fully saturated rings. The van der Waals surface area contributed by atoms with E-state index in [0.717, 1.165) is 11.3 Å². The van der Waals surface area contributed by atoms with E-state index in [1.807, 2.05) is 30.3 Å². The number of hydrogen-bond donors (Lipinski definition) is 3. The van der Waals surface area contributed by atoms with Crippen LogP contribution in [0.3, 0.4) is 0 Å². The van der Waals surface area contributed by atoms with Crippen LogP contribution in [0.2, 0.25) is 0 Å². The second-order valence-corrected chi connectivity index (χ2v) is 7.10. The van der Waals surface area contributed by atoms with Gasteiger partial charge in [-0.3, -0.25) is 10.2 Å². The van der Waals surface area contributed by atoms with Crippen molar-refractivity contribution in [2.45, 2.75) is 30.1 Å². The zero-order valence-electron chi connectivity index (χ0n) is 12.8.